The summed E-state index contributed by atoms with van der Waals surface area (Å²) in [7, 11) is 0. The van der Waals surface area contributed by atoms with E-state index in [0.717, 1.165) is 18.7 Å². The molecule has 2 aromatic rings. The molecule has 1 aromatic carbocycles. The van der Waals surface area contributed by atoms with Gasteiger partial charge in [-0.1, -0.05) is 41.9 Å². The predicted molar refractivity (Wildman–Crippen MR) is 77.3 cm³/mol. The second kappa shape index (κ2) is 4.70. The van der Waals surface area contributed by atoms with Crippen LogP contribution in [0.1, 0.15) is 50.4 Å². The summed E-state index contributed by atoms with van der Waals surface area (Å²) in [6, 6.07) is 10.5. The van der Waals surface area contributed by atoms with Gasteiger partial charge in [0.05, 0.1) is 5.41 Å². The monoisotopic (exact) mass is 271 g/mol. The van der Waals surface area contributed by atoms with Crippen molar-refractivity contribution in [1.29, 1.82) is 0 Å². The van der Waals surface area contributed by atoms with Crippen LogP contribution in [0.2, 0.25) is 0 Å². The SMILES string of the molecule is CC(C)(N)Cc1nc(C2(c3ccccc3)CCC2)no1. The fourth-order valence-electron chi connectivity index (χ4n) is 2.84. The molecule has 0 bridgehead atoms. The van der Waals surface area contributed by atoms with Crippen LogP contribution in [0.4, 0.5) is 0 Å². The third-order valence-corrected chi connectivity index (χ3v) is 4.04. The molecule has 4 nitrogen and oxygen atoms in total. The van der Waals surface area contributed by atoms with Crippen molar-refractivity contribution in [1.82, 2.24) is 10.1 Å². The second-order valence-electron chi connectivity index (χ2n) is 6.48. The first-order valence-corrected chi connectivity index (χ1v) is 7.17. The summed E-state index contributed by atoms with van der Waals surface area (Å²) in [5.41, 5.74) is 6.91. The van der Waals surface area contributed by atoms with Gasteiger partial charge in [-0.25, -0.2) is 0 Å². The van der Waals surface area contributed by atoms with E-state index in [2.05, 4.69) is 34.4 Å². The van der Waals surface area contributed by atoms with Crippen molar-refractivity contribution in [3.63, 3.8) is 0 Å². The highest BCUT2D eigenvalue weighted by atomic mass is 16.5. The lowest BCUT2D eigenvalue weighted by molar-refractivity contribution is 0.269. The molecule has 0 amide bonds. The number of hydrogen-bond acceptors (Lipinski definition) is 4. The number of nitrogens with two attached hydrogens (primary N) is 1. The lowest BCUT2D eigenvalue weighted by Gasteiger charge is -2.39. The van der Waals surface area contributed by atoms with Gasteiger partial charge in [-0.15, -0.1) is 0 Å². The van der Waals surface area contributed by atoms with Crippen LogP contribution in [0, 0.1) is 0 Å². The number of rotatable bonds is 4. The first-order chi connectivity index (χ1) is 9.50. The molecule has 1 saturated carbocycles. The number of hydrogen-bond donors (Lipinski definition) is 1. The Morgan fingerprint density at radius 2 is 1.95 bits per heavy atom. The van der Waals surface area contributed by atoms with Crippen molar-refractivity contribution in [2.75, 3.05) is 0 Å². The maximum atomic E-state index is 6.02. The van der Waals surface area contributed by atoms with E-state index in [1.807, 2.05) is 19.9 Å². The fourth-order valence-corrected chi connectivity index (χ4v) is 2.84. The molecule has 1 aliphatic rings. The van der Waals surface area contributed by atoms with Crippen LogP contribution in [-0.4, -0.2) is 15.7 Å². The molecule has 0 saturated heterocycles. The Balaban J connectivity index is 1.91. The zero-order valence-electron chi connectivity index (χ0n) is 12.1. The molecular formula is C16H21N3O. The second-order valence-corrected chi connectivity index (χ2v) is 6.48. The summed E-state index contributed by atoms with van der Waals surface area (Å²) in [5, 5.41) is 4.23. The minimum Gasteiger partial charge on any atom is -0.339 e. The van der Waals surface area contributed by atoms with E-state index in [0.29, 0.717) is 12.3 Å². The Morgan fingerprint density at radius 3 is 2.50 bits per heavy atom. The van der Waals surface area contributed by atoms with Gasteiger partial charge in [0.25, 0.3) is 0 Å². The topological polar surface area (TPSA) is 64.9 Å². The summed E-state index contributed by atoms with van der Waals surface area (Å²) < 4.78 is 5.40. The van der Waals surface area contributed by atoms with Gasteiger partial charge in [-0.3, -0.25) is 0 Å². The van der Waals surface area contributed by atoms with Gasteiger partial charge in [-0.05, 0) is 32.3 Å². The molecule has 0 radical (unpaired) electrons. The molecule has 0 spiro atoms. The molecule has 2 N–H and O–H groups in total. The Bertz CT molecular complexity index is 579. The molecule has 106 valence electrons. The summed E-state index contributed by atoms with van der Waals surface area (Å²) >= 11 is 0. The summed E-state index contributed by atoms with van der Waals surface area (Å²) in [6.45, 7) is 3.93. The van der Waals surface area contributed by atoms with Crippen LogP contribution in [0.25, 0.3) is 0 Å². The zero-order valence-corrected chi connectivity index (χ0v) is 12.1. The molecule has 0 aliphatic heterocycles. The standard InChI is InChI=1S/C16H21N3O/c1-15(2,17)11-13-18-14(19-20-13)16(9-6-10-16)12-7-4-3-5-8-12/h3-5,7-8H,6,9-11,17H2,1-2H3. The third-order valence-electron chi connectivity index (χ3n) is 4.04. The summed E-state index contributed by atoms with van der Waals surface area (Å²) in [6.07, 6.45) is 3.98. The molecule has 20 heavy (non-hydrogen) atoms. The first-order valence-electron chi connectivity index (χ1n) is 7.17. The number of nitrogens with zero attached hydrogens (tertiary/aromatic N) is 2. The molecule has 1 aromatic heterocycles. The quantitative estimate of drug-likeness (QED) is 0.928. The third kappa shape index (κ3) is 2.36. The Morgan fingerprint density at radius 1 is 1.25 bits per heavy atom. The minimum atomic E-state index is -0.330. The highest BCUT2D eigenvalue weighted by Crippen LogP contribution is 2.47. The molecule has 1 fully saturated rings. The van der Waals surface area contributed by atoms with Crippen LogP contribution < -0.4 is 5.73 Å². The van der Waals surface area contributed by atoms with Gasteiger partial charge in [0.15, 0.2) is 5.82 Å². The van der Waals surface area contributed by atoms with E-state index >= 15 is 0 Å². The van der Waals surface area contributed by atoms with Crippen molar-refractivity contribution in [3.8, 4) is 0 Å². The lowest BCUT2D eigenvalue weighted by atomic mass is 9.64. The maximum Gasteiger partial charge on any atom is 0.228 e. The normalized spacial score (nSPS) is 17.8. The van der Waals surface area contributed by atoms with Crippen molar-refractivity contribution < 1.29 is 4.52 Å². The van der Waals surface area contributed by atoms with Crippen LogP contribution in [0.15, 0.2) is 34.9 Å². The highest BCUT2D eigenvalue weighted by molar-refractivity contribution is 5.35. The number of aromatic nitrogens is 2. The van der Waals surface area contributed by atoms with E-state index in [9.17, 15) is 0 Å². The highest BCUT2D eigenvalue weighted by Gasteiger charge is 2.44. The minimum absolute atomic E-state index is 0.0538. The Hall–Kier alpha value is -1.68. The molecule has 1 heterocycles. The molecular weight excluding hydrogens is 250 g/mol. The smallest absolute Gasteiger partial charge is 0.228 e. The van der Waals surface area contributed by atoms with Crippen molar-refractivity contribution in [2.45, 2.75) is 50.5 Å². The van der Waals surface area contributed by atoms with Gasteiger partial charge in [0, 0.05) is 12.0 Å². The van der Waals surface area contributed by atoms with Crippen LogP contribution in [0.3, 0.4) is 0 Å². The fraction of sp³-hybridized carbons (Fsp3) is 0.500. The van der Waals surface area contributed by atoms with Crippen LogP contribution in [-0.2, 0) is 11.8 Å². The first kappa shape index (κ1) is 13.3. The van der Waals surface area contributed by atoms with Crippen LogP contribution >= 0.6 is 0 Å². The maximum absolute atomic E-state index is 6.02. The van der Waals surface area contributed by atoms with E-state index in [1.165, 1.54) is 12.0 Å². The van der Waals surface area contributed by atoms with E-state index in [-0.39, 0.29) is 11.0 Å². The zero-order chi connectivity index (χ0) is 14.2. The van der Waals surface area contributed by atoms with Crippen molar-refractivity contribution in [2.24, 2.45) is 5.73 Å². The van der Waals surface area contributed by atoms with Gasteiger partial charge >= 0.3 is 0 Å². The Kier molecular flexibility index (Phi) is 3.13. The van der Waals surface area contributed by atoms with Gasteiger partial charge < -0.3 is 10.3 Å². The molecule has 0 atom stereocenters. The van der Waals surface area contributed by atoms with E-state index < -0.39 is 0 Å². The molecule has 1 aliphatic carbocycles. The summed E-state index contributed by atoms with van der Waals surface area (Å²) in [5.74, 6) is 1.45. The van der Waals surface area contributed by atoms with Gasteiger partial charge in [-0.2, -0.15) is 4.98 Å². The average Bonchev–Trinajstić information content (AvgIpc) is 2.75. The van der Waals surface area contributed by atoms with Crippen molar-refractivity contribution >= 4 is 0 Å². The van der Waals surface area contributed by atoms with Crippen LogP contribution in [0.5, 0.6) is 0 Å². The predicted octanol–water partition coefficient (Wildman–Crippen LogP) is 2.82. The molecule has 0 unspecified atom stereocenters. The van der Waals surface area contributed by atoms with Crippen molar-refractivity contribution in [3.05, 3.63) is 47.6 Å². The molecule has 3 rings (SSSR count). The van der Waals surface area contributed by atoms with Gasteiger partial charge in [0.1, 0.15) is 0 Å². The average molecular weight is 271 g/mol. The molecule has 4 heteroatoms. The lowest BCUT2D eigenvalue weighted by Crippen LogP contribution is -2.37. The number of benzene rings is 1. The largest absolute Gasteiger partial charge is 0.339 e. The van der Waals surface area contributed by atoms with E-state index in [4.69, 9.17) is 10.3 Å². The van der Waals surface area contributed by atoms with E-state index in [1.54, 1.807) is 0 Å². The Labute approximate surface area is 119 Å². The van der Waals surface area contributed by atoms with Gasteiger partial charge in [0.2, 0.25) is 5.89 Å². The summed E-state index contributed by atoms with van der Waals surface area (Å²) in [4.78, 5) is 4.61.